The molecule has 756 valence electrons. The van der Waals surface area contributed by atoms with Gasteiger partial charge in [-0.25, -0.2) is 74.2 Å². The number of fused-ring (bicyclic) bond motifs is 4. The van der Waals surface area contributed by atoms with Crippen molar-refractivity contribution in [2.45, 2.75) is 143 Å². The Labute approximate surface area is 899 Å². The van der Waals surface area contributed by atoms with Crippen molar-refractivity contribution < 1.29 is 47.8 Å². The van der Waals surface area contributed by atoms with Crippen LogP contribution in [0.3, 0.4) is 0 Å². The highest BCUT2D eigenvalue weighted by molar-refractivity contribution is 9.10. The summed E-state index contributed by atoms with van der Waals surface area (Å²) in [5.41, 5.74) is 12.1. The molecule has 0 unspecified atom stereocenters. The number of nitrogens with zero attached hydrogens (tertiary/aromatic N) is 14. The molecule has 14 heterocycles. The quantitative estimate of drug-likeness (QED) is 0.0164. The maximum absolute atomic E-state index is 12.5. The van der Waals surface area contributed by atoms with Gasteiger partial charge in [0.2, 0.25) is 0 Å². The lowest BCUT2D eigenvalue weighted by Gasteiger charge is -2.36. The van der Waals surface area contributed by atoms with E-state index in [9.17, 15) is 43.2 Å². The molecule has 143 heavy (non-hydrogen) atoms. The van der Waals surface area contributed by atoms with Crippen LogP contribution >= 0.6 is 148 Å². The fraction of sp³-hybridized carbons (Fsp3) is 0.291. The highest BCUT2D eigenvalue weighted by Crippen LogP contribution is 2.44. The number of ketones is 1. The van der Waals surface area contributed by atoms with Crippen LogP contribution in [0.5, 0.6) is 0 Å². The standard InChI is InChI=1S/2C16H16ClN5OS.C12H11ClN4O3.C12H11ClN4O2S.C10H8ClN5OS.C8H7BrClNO3.C6H10O.C4H5N3.2CH4.P2S5/c2*17-10-8-11(20-12-4-7-18-9-19-12)15(24)22-13(10)14(23)21-16(22)5-2-1-3-6-16;1-2-20-12(19)10-7(13)5-8(11(18)17-10)16-9-3-4-14-6-15-9;1-2-19-12(18)10-7(13)5-8(11(20)17-10)16-9-3-4-14-6-15-9;11-5-3-6(10(18)16-8(5)9(12)17)15-7-1-2-13-4-14-7;1-2-14-8(13)6-5(10)3-4(9)7(12)11-6;7-6-4-2-1-3-5-6;5-4-1-2-6-3-7-4;;;3-1-2-5-7-6-4/h2*4,7-9H,1-3,5-6H2,(H,21,23)(H,18,19,20);3-6H,2H2,1H3,(H,17,18)(H,14,15,16);3-6H,2H2,1H3,(H,17,20)(H,14,15,16);1-4H,(H2,12,17)(H,16,18)(H,13,14,15);3H,2H2,1H3,(H,11,12);1-5H2;1-3H,(H2,5,6,7);2*1H4;. The molecule has 0 atom stereocenters. The molecule has 39 nitrogen and oxygen atoms in total. The van der Waals surface area contributed by atoms with E-state index in [1.807, 2.05) is 9.13 Å². The minimum Gasteiger partial charge on any atom is -0.461 e. The molecule has 3 fully saturated rings. The van der Waals surface area contributed by atoms with Gasteiger partial charge in [0.05, 0.1) is 77.2 Å². The van der Waals surface area contributed by atoms with Crippen LogP contribution in [0.15, 0.2) is 162 Å². The fourth-order valence-electron chi connectivity index (χ4n) is 13.5. The Morgan fingerprint density at radius 2 is 0.776 bits per heavy atom. The number of Topliss-reactive ketones (excluding diaryl/α,β-unsaturated/α-hetero) is 1. The lowest BCUT2D eigenvalue weighted by molar-refractivity contribution is -0.120. The van der Waals surface area contributed by atoms with Crippen LogP contribution in [0.25, 0.3) is 0 Å². The van der Waals surface area contributed by atoms with E-state index in [0.29, 0.717) is 103 Å². The van der Waals surface area contributed by atoms with Gasteiger partial charge in [-0.1, -0.05) is 153 Å². The summed E-state index contributed by atoms with van der Waals surface area (Å²) in [7, 11) is 6.83. The van der Waals surface area contributed by atoms with Crippen LogP contribution in [-0.2, 0) is 80.6 Å². The predicted molar refractivity (Wildman–Crippen MR) is 584 cm³/mol. The van der Waals surface area contributed by atoms with Crippen molar-refractivity contribution in [2.24, 2.45) is 5.73 Å². The van der Waals surface area contributed by atoms with Crippen LogP contribution in [0.1, 0.15) is 195 Å². The minimum absolute atomic E-state index is 0. The Kier molecular flexibility index (Phi) is 50.6. The lowest BCUT2D eigenvalue weighted by Crippen LogP contribution is -2.45. The topological polar surface area (TPSA) is 545 Å². The number of amides is 3. The summed E-state index contributed by atoms with van der Waals surface area (Å²) in [4.78, 5) is 161. The number of nitrogens with one attached hydrogen (secondary N) is 11. The van der Waals surface area contributed by atoms with Gasteiger partial charge >= 0.3 is 17.9 Å². The average Bonchev–Trinajstić information content (AvgIpc) is 1.58. The Morgan fingerprint density at radius 1 is 0.455 bits per heavy atom. The SMILES string of the molecule is C.C.CCOC(=O)c1[nH]c(=O)c(Br)cc1Cl.CCOC(=O)c1[nH]c(=O)c(Nc2ccncn2)cc1Cl.CCOC(=O)c1[nH]c(=S)c(Nc2ccncn2)cc1Cl.NC(=O)c1[nH]c(=S)c(Nc2ccncn2)cc1Cl.Nc1ccncn1.O=C1CCCCC1.O=C1NC2(CCCCC2)n2c1c(Cl)cc(Nc1ccncn1)c2=S.O=C1NC2(CCCCC2)n2c1c(Cl)cc(Nc1ccncn1)c2=S.S=PP=S=S=S=S. The monoisotopic (exact) mass is 2330 g/mol. The third-order valence-corrected chi connectivity index (χ3v) is 33.4. The lowest BCUT2D eigenvalue weighted by atomic mass is 9.89. The zero-order valence-corrected chi connectivity index (χ0v) is 89.4. The number of rotatable bonds is 18. The first-order valence-corrected chi connectivity index (χ1v) is 55.1. The Balaban J connectivity index is 0.000000224. The van der Waals surface area contributed by atoms with E-state index < -0.39 is 46.3 Å². The van der Waals surface area contributed by atoms with Gasteiger partial charge in [-0.05, 0) is 224 Å². The summed E-state index contributed by atoms with van der Waals surface area (Å²) >= 11 is 70.3. The third kappa shape index (κ3) is 35.5. The molecule has 5 aliphatic rings. The molecule has 12 aromatic rings. The smallest absolute Gasteiger partial charge is 0.356 e. The predicted octanol–water partition coefficient (Wildman–Crippen LogP) is 20.9. The van der Waals surface area contributed by atoms with Gasteiger partial charge in [-0.15, -0.1) is 0 Å². The number of anilines is 11. The van der Waals surface area contributed by atoms with Crippen molar-refractivity contribution in [1.82, 2.24) is 99.5 Å². The van der Waals surface area contributed by atoms with Crippen molar-refractivity contribution in [3.8, 4) is 0 Å². The Hall–Kier alpha value is -10.9. The number of hydrogen-bond donors (Lipinski definition) is 13. The van der Waals surface area contributed by atoms with E-state index in [-0.39, 0.29) is 99.5 Å². The van der Waals surface area contributed by atoms with E-state index in [1.165, 1.54) is 97.5 Å². The fourth-order valence-corrected chi connectivity index (χ4v) is 26.3. The van der Waals surface area contributed by atoms with E-state index in [0.717, 1.165) is 84.1 Å². The second-order valence-corrected chi connectivity index (χ2v) is 43.6. The average molecular weight is 2340 g/mol. The molecule has 3 aliphatic carbocycles. The van der Waals surface area contributed by atoms with Crippen LogP contribution in [0, 0.1) is 18.6 Å². The number of nitrogen functional groups attached to an aromatic ring is 1. The maximum Gasteiger partial charge on any atom is 0.356 e. The molecule has 0 aromatic carbocycles. The zero-order valence-electron chi connectivity index (χ0n) is 74.1. The summed E-state index contributed by atoms with van der Waals surface area (Å²) in [6.07, 6.45) is 33.4. The van der Waals surface area contributed by atoms with Gasteiger partial charge in [-0.2, -0.15) is 0 Å². The number of ether oxygens (including phenoxy) is 3. The molecule has 0 bridgehead atoms. The number of esters is 3. The van der Waals surface area contributed by atoms with Crippen molar-refractivity contribution in [3.05, 3.63) is 256 Å². The molecule has 3 saturated carbocycles. The molecule has 17 rings (SSSR count). The molecular weight excluding hydrogens is 2250 g/mol. The first kappa shape index (κ1) is 119. The first-order valence-electron chi connectivity index (χ1n) is 41.9. The number of nitrogens with two attached hydrogens (primary N) is 2. The molecule has 2 aliphatic heterocycles. The number of carbonyl (C=O) groups is 7. The zero-order chi connectivity index (χ0) is 102. The molecule has 15 N–H and O–H groups in total. The molecule has 12 aromatic heterocycles. The second kappa shape index (κ2) is 60.7. The molecule has 3 amide bonds. The Bertz CT molecular complexity index is 6730. The maximum atomic E-state index is 12.5. The number of hydrogen-bond acceptors (Lipinski definition) is 36. The summed E-state index contributed by atoms with van der Waals surface area (Å²) in [5, 5.41) is 22.8. The van der Waals surface area contributed by atoms with Gasteiger partial charge in [0.15, 0.2) is 0 Å². The molecule has 2 spiro atoms. The van der Waals surface area contributed by atoms with Crippen molar-refractivity contribution >= 4 is 304 Å². The molecule has 0 radical (unpaired) electrons. The van der Waals surface area contributed by atoms with E-state index >= 15 is 0 Å². The summed E-state index contributed by atoms with van der Waals surface area (Å²) in [6, 6.07) is 19.2. The first-order chi connectivity index (χ1) is 67.8. The minimum atomic E-state index is -0.678. The number of pyridine rings is 6. The number of carbonyl (C=O) groups excluding carboxylic acids is 7. The van der Waals surface area contributed by atoms with Gasteiger partial charge < -0.3 is 92.0 Å². The van der Waals surface area contributed by atoms with E-state index in [2.05, 4.69) is 156 Å². The number of H-pyrrole nitrogens is 4. The van der Waals surface area contributed by atoms with E-state index in [1.54, 1.807) is 125 Å². The molecule has 0 saturated heterocycles. The second-order valence-electron chi connectivity index (χ2n) is 29.0. The van der Waals surface area contributed by atoms with Crippen LogP contribution in [-0.4, -0.2) is 150 Å². The van der Waals surface area contributed by atoms with Crippen molar-refractivity contribution in [2.75, 3.05) is 52.1 Å². The van der Waals surface area contributed by atoms with Gasteiger partial charge in [0.1, 0.15) is 148 Å². The number of halogens is 7. The number of aromatic amines is 4. The number of aromatic nitrogens is 18. The van der Waals surface area contributed by atoms with E-state index in [4.69, 9.17) is 144 Å². The third-order valence-electron chi connectivity index (χ3n) is 19.6. The summed E-state index contributed by atoms with van der Waals surface area (Å²) in [5.74, 6) is 0.967. The highest BCUT2D eigenvalue weighted by atomic mass is 79.9. The summed E-state index contributed by atoms with van der Waals surface area (Å²) < 4.78 is 20.2. The number of primary amides is 1. The molecule has 57 heteroatoms. The Morgan fingerprint density at radius 3 is 1.10 bits per heavy atom. The van der Waals surface area contributed by atoms with Crippen molar-refractivity contribution in [1.29, 1.82) is 0 Å². The molecular formula is C86H92BrCl6N27O12P2S9. The normalized spacial score (nSPS) is 13.1. The highest BCUT2D eigenvalue weighted by Gasteiger charge is 2.46. The van der Waals surface area contributed by atoms with Crippen LogP contribution in [0.4, 0.5) is 63.3 Å². The van der Waals surface area contributed by atoms with Crippen LogP contribution < -0.4 is 59.8 Å². The van der Waals surface area contributed by atoms with Gasteiger partial charge in [0.25, 0.3) is 28.8 Å². The van der Waals surface area contributed by atoms with Crippen molar-refractivity contribution in [3.63, 3.8) is 0 Å². The summed E-state index contributed by atoms with van der Waals surface area (Å²) in [6.45, 7) is 5.73. The van der Waals surface area contributed by atoms with Gasteiger partial charge in [0, 0.05) is 64.1 Å². The van der Waals surface area contributed by atoms with Crippen LogP contribution in [0.2, 0.25) is 30.1 Å². The van der Waals surface area contributed by atoms with Gasteiger partial charge in [-0.3, -0.25) is 28.8 Å². The largest absolute Gasteiger partial charge is 0.461 e.